The Morgan fingerprint density at radius 2 is 2.10 bits per heavy atom. The average molecular weight is 298 g/mol. The van der Waals surface area contributed by atoms with Gasteiger partial charge >= 0.3 is 0 Å². The Kier molecular flexibility index (Phi) is 3.54. The molecule has 0 aliphatic heterocycles. The van der Waals surface area contributed by atoms with Crippen LogP contribution in [0.4, 0.5) is 0 Å². The van der Waals surface area contributed by atoms with Gasteiger partial charge in [-0.25, -0.2) is 4.68 Å². The van der Waals surface area contributed by atoms with Crippen LogP contribution in [0, 0.1) is 6.92 Å². The number of aldehydes is 1. The van der Waals surface area contributed by atoms with Crippen LogP contribution in [0.25, 0.3) is 16.9 Å². The van der Waals surface area contributed by atoms with Crippen molar-refractivity contribution in [3.8, 4) is 16.9 Å². The molecule has 0 unspecified atom stereocenters. The van der Waals surface area contributed by atoms with E-state index in [-0.39, 0.29) is 0 Å². The molecule has 1 aromatic carbocycles. The zero-order valence-corrected chi connectivity index (χ0v) is 12.1. The van der Waals surface area contributed by atoms with E-state index < -0.39 is 0 Å². The molecule has 0 N–H and O–H groups in total. The van der Waals surface area contributed by atoms with Crippen molar-refractivity contribution >= 4 is 17.9 Å². The van der Waals surface area contributed by atoms with Gasteiger partial charge in [0.2, 0.25) is 0 Å². The van der Waals surface area contributed by atoms with Gasteiger partial charge in [0.1, 0.15) is 5.69 Å². The first-order valence-electron chi connectivity index (χ1n) is 6.40. The Morgan fingerprint density at radius 3 is 2.81 bits per heavy atom. The third kappa shape index (κ3) is 2.71. The fourth-order valence-electron chi connectivity index (χ4n) is 2.13. The van der Waals surface area contributed by atoms with E-state index in [1.165, 1.54) is 0 Å². The average Bonchev–Trinajstić information content (AvgIpc) is 2.91. The highest BCUT2D eigenvalue weighted by atomic mass is 35.5. The third-order valence-corrected chi connectivity index (χ3v) is 3.33. The molecule has 2 aromatic heterocycles. The van der Waals surface area contributed by atoms with Crippen LogP contribution in [0.1, 0.15) is 15.9 Å². The molecule has 4 nitrogen and oxygen atoms in total. The molecule has 0 radical (unpaired) electrons. The standard InChI is InChI=1S/C16H12ClN3O/c1-11-5-12(8-18-7-11)16-13(10-21)9-20(19-16)15-4-2-3-14(17)6-15/h2-10H,1H3. The maximum Gasteiger partial charge on any atom is 0.153 e. The second kappa shape index (κ2) is 5.50. The van der Waals surface area contributed by atoms with Gasteiger partial charge in [-0.3, -0.25) is 9.78 Å². The van der Waals surface area contributed by atoms with Crippen LogP contribution in [0.3, 0.4) is 0 Å². The molecule has 0 bridgehead atoms. The molecule has 0 saturated carbocycles. The number of aromatic nitrogens is 3. The highest BCUT2D eigenvalue weighted by molar-refractivity contribution is 6.30. The number of carbonyl (C=O) groups is 1. The van der Waals surface area contributed by atoms with Crippen molar-refractivity contribution in [3.63, 3.8) is 0 Å². The van der Waals surface area contributed by atoms with Gasteiger partial charge in [0, 0.05) is 29.2 Å². The Hall–Kier alpha value is -2.46. The van der Waals surface area contributed by atoms with Gasteiger partial charge in [-0.2, -0.15) is 5.10 Å². The summed E-state index contributed by atoms with van der Waals surface area (Å²) in [6.07, 6.45) is 5.95. The van der Waals surface area contributed by atoms with Gasteiger partial charge < -0.3 is 0 Å². The molecule has 0 aliphatic carbocycles. The first-order chi connectivity index (χ1) is 10.2. The number of aryl methyl sites for hydroxylation is 1. The quantitative estimate of drug-likeness (QED) is 0.692. The number of carbonyl (C=O) groups excluding carboxylic acids is 1. The molecule has 0 aliphatic rings. The van der Waals surface area contributed by atoms with Crippen molar-refractivity contribution in [1.29, 1.82) is 0 Å². The number of pyridine rings is 1. The summed E-state index contributed by atoms with van der Waals surface area (Å²) in [5.74, 6) is 0. The highest BCUT2D eigenvalue weighted by Crippen LogP contribution is 2.23. The normalized spacial score (nSPS) is 10.6. The van der Waals surface area contributed by atoms with Gasteiger partial charge in [0.15, 0.2) is 6.29 Å². The number of hydrogen-bond donors (Lipinski definition) is 0. The predicted molar refractivity (Wildman–Crippen MR) is 81.9 cm³/mol. The molecule has 3 aromatic rings. The summed E-state index contributed by atoms with van der Waals surface area (Å²) in [4.78, 5) is 15.4. The van der Waals surface area contributed by atoms with Crippen molar-refractivity contribution in [1.82, 2.24) is 14.8 Å². The monoisotopic (exact) mass is 297 g/mol. The minimum absolute atomic E-state index is 0.516. The number of hydrogen-bond acceptors (Lipinski definition) is 3. The van der Waals surface area contributed by atoms with Crippen LogP contribution < -0.4 is 0 Å². The van der Waals surface area contributed by atoms with Gasteiger partial charge in [-0.1, -0.05) is 17.7 Å². The lowest BCUT2D eigenvalue weighted by atomic mass is 10.1. The fourth-order valence-corrected chi connectivity index (χ4v) is 2.32. The van der Waals surface area contributed by atoms with Crippen LogP contribution >= 0.6 is 11.6 Å². The van der Waals surface area contributed by atoms with E-state index in [1.54, 1.807) is 35.4 Å². The Labute approximate surface area is 127 Å². The van der Waals surface area contributed by atoms with Crippen LogP contribution in [0.15, 0.2) is 48.9 Å². The maximum absolute atomic E-state index is 11.3. The second-order valence-corrected chi connectivity index (χ2v) is 5.16. The van der Waals surface area contributed by atoms with Gasteiger partial charge in [-0.05, 0) is 36.8 Å². The van der Waals surface area contributed by atoms with E-state index in [0.29, 0.717) is 16.3 Å². The summed E-state index contributed by atoms with van der Waals surface area (Å²) in [6.45, 7) is 1.95. The molecule has 2 heterocycles. The molecule has 104 valence electrons. The van der Waals surface area contributed by atoms with Crippen molar-refractivity contribution in [3.05, 3.63) is 65.1 Å². The summed E-state index contributed by atoms with van der Waals surface area (Å²) in [5.41, 5.74) is 3.76. The largest absolute Gasteiger partial charge is 0.298 e. The fraction of sp³-hybridized carbons (Fsp3) is 0.0625. The van der Waals surface area contributed by atoms with E-state index in [0.717, 1.165) is 23.1 Å². The van der Waals surface area contributed by atoms with Crippen molar-refractivity contribution in [2.24, 2.45) is 0 Å². The molecule has 0 fully saturated rings. The van der Waals surface area contributed by atoms with Gasteiger partial charge in [-0.15, -0.1) is 0 Å². The lowest BCUT2D eigenvalue weighted by Gasteiger charge is -2.01. The summed E-state index contributed by atoms with van der Waals surface area (Å²) in [7, 11) is 0. The lowest BCUT2D eigenvalue weighted by Crippen LogP contribution is -1.94. The third-order valence-electron chi connectivity index (χ3n) is 3.09. The van der Waals surface area contributed by atoms with E-state index in [9.17, 15) is 4.79 Å². The number of rotatable bonds is 3. The van der Waals surface area contributed by atoms with Crippen LogP contribution in [0.2, 0.25) is 5.02 Å². The van der Waals surface area contributed by atoms with Crippen molar-refractivity contribution in [2.75, 3.05) is 0 Å². The molecule has 21 heavy (non-hydrogen) atoms. The number of benzene rings is 1. The Morgan fingerprint density at radius 1 is 1.24 bits per heavy atom. The first kappa shape index (κ1) is 13.5. The zero-order valence-electron chi connectivity index (χ0n) is 11.3. The van der Waals surface area contributed by atoms with E-state index >= 15 is 0 Å². The topological polar surface area (TPSA) is 47.8 Å². The molecule has 3 rings (SSSR count). The van der Waals surface area contributed by atoms with E-state index in [2.05, 4.69) is 10.1 Å². The maximum atomic E-state index is 11.3. The van der Waals surface area contributed by atoms with Gasteiger partial charge in [0.25, 0.3) is 0 Å². The summed E-state index contributed by atoms with van der Waals surface area (Å²) < 4.78 is 1.65. The SMILES string of the molecule is Cc1cncc(-c2nn(-c3cccc(Cl)c3)cc2C=O)c1. The molecule has 0 saturated heterocycles. The molecule has 0 spiro atoms. The predicted octanol–water partition coefficient (Wildman–Crippen LogP) is 3.71. The van der Waals surface area contributed by atoms with E-state index in [1.807, 2.05) is 25.1 Å². The minimum Gasteiger partial charge on any atom is -0.298 e. The molecule has 0 atom stereocenters. The smallest absolute Gasteiger partial charge is 0.153 e. The molecular formula is C16H12ClN3O. The second-order valence-electron chi connectivity index (χ2n) is 4.73. The molecular weight excluding hydrogens is 286 g/mol. The summed E-state index contributed by atoms with van der Waals surface area (Å²) in [5, 5.41) is 5.11. The lowest BCUT2D eigenvalue weighted by molar-refractivity contribution is 0.112. The van der Waals surface area contributed by atoms with Crippen LogP contribution in [-0.4, -0.2) is 21.1 Å². The summed E-state index contributed by atoms with van der Waals surface area (Å²) >= 11 is 5.99. The van der Waals surface area contributed by atoms with Crippen LogP contribution in [-0.2, 0) is 0 Å². The first-order valence-corrected chi connectivity index (χ1v) is 6.78. The van der Waals surface area contributed by atoms with Gasteiger partial charge in [0.05, 0.1) is 11.3 Å². The number of nitrogens with zero attached hydrogens (tertiary/aromatic N) is 3. The van der Waals surface area contributed by atoms with Crippen molar-refractivity contribution in [2.45, 2.75) is 6.92 Å². The van der Waals surface area contributed by atoms with Crippen molar-refractivity contribution < 1.29 is 4.79 Å². The zero-order chi connectivity index (χ0) is 14.8. The molecule has 5 heteroatoms. The van der Waals surface area contributed by atoms with Crippen LogP contribution in [0.5, 0.6) is 0 Å². The Bertz CT molecular complexity index is 811. The summed E-state index contributed by atoms with van der Waals surface area (Å²) in [6, 6.07) is 9.26. The Balaban J connectivity index is 2.13. The molecule has 0 amide bonds. The van der Waals surface area contributed by atoms with E-state index in [4.69, 9.17) is 11.6 Å². The minimum atomic E-state index is 0.516. The highest BCUT2D eigenvalue weighted by Gasteiger charge is 2.12. The number of halogens is 1.